The normalized spacial score (nSPS) is 17.2. The van der Waals surface area contributed by atoms with Gasteiger partial charge in [-0.05, 0) is 0 Å². The molecule has 0 aromatic carbocycles. The van der Waals surface area contributed by atoms with Gasteiger partial charge in [-0.3, -0.25) is 0 Å². The fourth-order valence-corrected chi connectivity index (χ4v) is 2.41. The Kier molecular flexibility index (Phi) is 2.22. The Labute approximate surface area is 91.2 Å². The summed E-state index contributed by atoms with van der Waals surface area (Å²) in [5.41, 5.74) is 2.76. The summed E-state index contributed by atoms with van der Waals surface area (Å²) in [6, 6.07) is 0. The molecule has 1 aliphatic heterocycles. The van der Waals surface area contributed by atoms with Crippen molar-refractivity contribution in [1.82, 2.24) is 20.3 Å². The molecule has 6 heteroatoms. The number of hydrogen-bond donors (Lipinski definition) is 1. The van der Waals surface area contributed by atoms with Crippen LogP contribution in [0.15, 0.2) is 11.8 Å². The lowest BCUT2D eigenvalue weighted by atomic mass is 10.3. The second-order valence-corrected chi connectivity index (χ2v) is 4.27. The summed E-state index contributed by atoms with van der Waals surface area (Å²) in [5.74, 6) is 0.975. The molecule has 2 aromatic rings. The largest absolute Gasteiger partial charge is 0.352 e. The second-order valence-electron chi connectivity index (χ2n) is 3.44. The second kappa shape index (κ2) is 3.71. The molecule has 3 heterocycles. The maximum Gasteiger partial charge on any atom is 0.159 e. The highest BCUT2D eigenvalue weighted by Gasteiger charge is 2.15. The minimum Gasteiger partial charge on any atom is -0.352 e. The number of nitrogens with one attached hydrogen (secondary N) is 1. The number of hydrogen-bond acceptors (Lipinski definition) is 6. The van der Waals surface area contributed by atoms with Gasteiger partial charge in [0.1, 0.15) is 16.7 Å². The van der Waals surface area contributed by atoms with Crippen molar-refractivity contribution in [2.45, 2.75) is 0 Å². The van der Waals surface area contributed by atoms with Gasteiger partial charge in [0.2, 0.25) is 0 Å². The molecule has 3 rings (SSSR count). The zero-order chi connectivity index (χ0) is 10.1. The fraction of sp³-hybridized carbons (Fsp3) is 0.444. The van der Waals surface area contributed by atoms with Crippen LogP contribution in [-0.4, -0.2) is 41.1 Å². The van der Waals surface area contributed by atoms with Gasteiger partial charge in [0.05, 0.1) is 5.51 Å². The molecule has 5 nitrogen and oxygen atoms in total. The van der Waals surface area contributed by atoms with Crippen LogP contribution < -0.4 is 10.2 Å². The van der Waals surface area contributed by atoms with Crippen molar-refractivity contribution in [2.24, 2.45) is 0 Å². The Morgan fingerprint density at radius 2 is 2.07 bits per heavy atom. The average molecular weight is 221 g/mol. The minimum atomic E-state index is 0.935. The Morgan fingerprint density at radius 3 is 2.93 bits per heavy atom. The molecule has 0 aliphatic carbocycles. The number of anilines is 1. The first-order chi connectivity index (χ1) is 7.45. The number of rotatable bonds is 1. The minimum absolute atomic E-state index is 0.935. The predicted octanol–water partition coefficient (Wildman–Crippen LogP) is 0.496. The zero-order valence-corrected chi connectivity index (χ0v) is 9.00. The third-order valence-electron chi connectivity index (χ3n) is 2.53. The summed E-state index contributed by atoms with van der Waals surface area (Å²) < 4.78 is 0. The van der Waals surface area contributed by atoms with Crippen LogP contribution in [0.3, 0.4) is 0 Å². The van der Waals surface area contributed by atoms with Gasteiger partial charge in [-0.1, -0.05) is 0 Å². The number of thiazole rings is 1. The highest BCUT2D eigenvalue weighted by molar-refractivity contribution is 7.16. The summed E-state index contributed by atoms with van der Waals surface area (Å²) in [7, 11) is 0. The Bertz CT molecular complexity index is 462. The topological polar surface area (TPSA) is 53.9 Å². The van der Waals surface area contributed by atoms with Crippen LogP contribution in [0.5, 0.6) is 0 Å². The molecule has 15 heavy (non-hydrogen) atoms. The van der Waals surface area contributed by atoms with Crippen molar-refractivity contribution in [3.05, 3.63) is 11.8 Å². The number of fused-ring (bicyclic) bond motifs is 1. The van der Waals surface area contributed by atoms with Crippen molar-refractivity contribution in [3.8, 4) is 0 Å². The van der Waals surface area contributed by atoms with Crippen molar-refractivity contribution < 1.29 is 0 Å². The van der Waals surface area contributed by atoms with Crippen molar-refractivity contribution in [2.75, 3.05) is 31.1 Å². The lowest BCUT2D eigenvalue weighted by molar-refractivity contribution is 0.586. The fourth-order valence-electron chi connectivity index (χ4n) is 1.79. The first-order valence-corrected chi connectivity index (χ1v) is 5.83. The number of piperazine rings is 1. The van der Waals surface area contributed by atoms with Gasteiger partial charge in [-0.25, -0.2) is 15.0 Å². The van der Waals surface area contributed by atoms with Crippen LogP contribution in [0.1, 0.15) is 0 Å². The summed E-state index contributed by atoms with van der Waals surface area (Å²) in [5, 5.41) is 3.32. The predicted molar refractivity (Wildman–Crippen MR) is 60.3 cm³/mol. The van der Waals surface area contributed by atoms with Gasteiger partial charge in [0.25, 0.3) is 0 Å². The molecule has 0 spiro atoms. The molecule has 0 saturated carbocycles. The quantitative estimate of drug-likeness (QED) is 0.760. The van der Waals surface area contributed by atoms with Crippen LogP contribution in [0, 0.1) is 0 Å². The molecule has 1 N–H and O–H groups in total. The van der Waals surface area contributed by atoms with E-state index in [0.717, 1.165) is 42.3 Å². The van der Waals surface area contributed by atoms with Crippen LogP contribution in [-0.2, 0) is 0 Å². The van der Waals surface area contributed by atoms with Gasteiger partial charge < -0.3 is 10.2 Å². The lowest BCUT2D eigenvalue weighted by Crippen LogP contribution is -2.44. The number of aromatic nitrogens is 3. The maximum atomic E-state index is 4.33. The summed E-state index contributed by atoms with van der Waals surface area (Å²) in [6.07, 6.45) is 1.62. The van der Waals surface area contributed by atoms with Crippen molar-refractivity contribution in [3.63, 3.8) is 0 Å². The van der Waals surface area contributed by atoms with E-state index < -0.39 is 0 Å². The van der Waals surface area contributed by atoms with Gasteiger partial charge in [-0.2, -0.15) is 0 Å². The molecule has 1 aliphatic rings. The third-order valence-corrected chi connectivity index (χ3v) is 3.26. The molecule has 0 radical (unpaired) electrons. The van der Waals surface area contributed by atoms with E-state index in [1.807, 2.05) is 5.51 Å². The monoisotopic (exact) mass is 221 g/mol. The van der Waals surface area contributed by atoms with Gasteiger partial charge in [0, 0.05) is 26.2 Å². The van der Waals surface area contributed by atoms with Crippen LogP contribution >= 0.6 is 11.3 Å². The Hall–Kier alpha value is -1.27. The molecule has 0 atom stereocenters. The third kappa shape index (κ3) is 1.55. The first kappa shape index (κ1) is 8.99. The van der Waals surface area contributed by atoms with E-state index in [9.17, 15) is 0 Å². The molecule has 78 valence electrons. The lowest BCUT2D eigenvalue weighted by Gasteiger charge is -2.28. The van der Waals surface area contributed by atoms with Gasteiger partial charge in [0.15, 0.2) is 5.82 Å². The Morgan fingerprint density at radius 1 is 1.20 bits per heavy atom. The maximum absolute atomic E-state index is 4.33. The SMILES string of the molecule is c1nc(N2CCNCC2)c2ncsc2n1. The summed E-state index contributed by atoms with van der Waals surface area (Å²) in [6.45, 7) is 4.00. The first-order valence-electron chi connectivity index (χ1n) is 4.95. The molecule has 0 amide bonds. The molecular formula is C9H11N5S. The zero-order valence-electron chi connectivity index (χ0n) is 8.18. The van der Waals surface area contributed by atoms with E-state index in [0.29, 0.717) is 0 Å². The Balaban J connectivity index is 2.05. The average Bonchev–Trinajstić information content (AvgIpc) is 2.78. The molecule has 2 aromatic heterocycles. The van der Waals surface area contributed by atoms with E-state index in [1.165, 1.54) is 0 Å². The van der Waals surface area contributed by atoms with Gasteiger partial charge in [-0.15, -0.1) is 11.3 Å². The summed E-state index contributed by atoms with van der Waals surface area (Å²) >= 11 is 1.56. The van der Waals surface area contributed by atoms with E-state index in [-0.39, 0.29) is 0 Å². The highest BCUT2D eigenvalue weighted by atomic mass is 32.1. The van der Waals surface area contributed by atoms with Crippen LogP contribution in [0.4, 0.5) is 5.82 Å². The van der Waals surface area contributed by atoms with Crippen LogP contribution in [0.25, 0.3) is 10.3 Å². The molecule has 0 bridgehead atoms. The van der Waals surface area contributed by atoms with Crippen molar-refractivity contribution >= 4 is 27.5 Å². The molecule has 1 fully saturated rings. The van der Waals surface area contributed by atoms with Crippen molar-refractivity contribution in [1.29, 1.82) is 0 Å². The number of nitrogens with zero attached hydrogens (tertiary/aromatic N) is 4. The summed E-state index contributed by atoms with van der Waals surface area (Å²) in [4.78, 5) is 16.1. The van der Waals surface area contributed by atoms with E-state index >= 15 is 0 Å². The molecular weight excluding hydrogens is 210 g/mol. The standard InChI is InChI=1S/C9H11N5S/c1-3-14(4-2-10-1)8-7-9(12-5-11-8)15-6-13-7/h5-6,10H,1-4H2. The van der Waals surface area contributed by atoms with Gasteiger partial charge >= 0.3 is 0 Å². The molecule has 1 saturated heterocycles. The van der Waals surface area contributed by atoms with Crippen LogP contribution in [0.2, 0.25) is 0 Å². The molecule has 0 unspecified atom stereocenters. The smallest absolute Gasteiger partial charge is 0.159 e. The van der Waals surface area contributed by atoms with E-state index in [2.05, 4.69) is 25.2 Å². The van der Waals surface area contributed by atoms with E-state index in [4.69, 9.17) is 0 Å². The highest BCUT2D eigenvalue weighted by Crippen LogP contribution is 2.23. The van der Waals surface area contributed by atoms with E-state index in [1.54, 1.807) is 17.7 Å².